The number of carbonyl (C=O) groups excluding carboxylic acids is 1. The summed E-state index contributed by atoms with van der Waals surface area (Å²) in [4.78, 5) is 22.6. The number of hydrogen-bond acceptors (Lipinski definition) is 5. The molecule has 1 aliphatic heterocycles. The van der Waals surface area contributed by atoms with E-state index in [1.54, 1.807) is 12.1 Å². The van der Waals surface area contributed by atoms with Gasteiger partial charge in [0.05, 0.1) is 23.6 Å². The van der Waals surface area contributed by atoms with E-state index in [1.165, 1.54) is 12.7 Å². The maximum absolute atomic E-state index is 12.1. The monoisotopic (exact) mass is 364 g/mol. The summed E-state index contributed by atoms with van der Waals surface area (Å²) in [6.07, 6.45) is 5.35. The minimum Gasteiger partial charge on any atom is -0.465 e. The highest BCUT2D eigenvalue weighted by Gasteiger charge is 2.39. The van der Waals surface area contributed by atoms with Crippen LogP contribution in [-0.4, -0.2) is 18.0 Å². The Bertz CT molecular complexity index is 949. The van der Waals surface area contributed by atoms with E-state index in [9.17, 15) is 14.9 Å². The number of carbonyl (C=O) groups is 1. The topological polar surface area (TPSA) is 81.5 Å². The van der Waals surface area contributed by atoms with Crippen molar-refractivity contribution in [2.24, 2.45) is 5.92 Å². The number of hydrogen-bond donors (Lipinski definition) is 1. The maximum Gasteiger partial charge on any atom is 0.338 e. The van der Waals surface area contributed by atoms with Crippen LogP contribution < -0.4 is 5.32 Å². The molecule has 2 aromatic carbocycles. The molecule has 2 aliphatic rings. The van der Waals surface area contributed by atoms with Crippen LogP contribution in [0.1, 0.15) is 45.4 Å². The molecule has 0 bridgehead atoms. The zero-order valence-corrected chi connectivity index (χ0v) is 15.1. The van der Waals surface area contributed by atoms with Crippen LogP contribution in [0, 0.1) is 23.0 Å². The standard InChI is InChI=1S/C21H20N2O4/c1-12-15(21(24)27-2)10-11-18-16-4-3-5-17(16)20(22-19(12)18)13-6-8-14(9-7-13)23(25)26/h3-4,6-11,16-17,20,22H,5H2,1-2H3/t16-,17-,20-/m1/s1. The van der Waals surface area contributed by atoms with E-state index in [4.69, 9.17) is 4.74 Å². The first-order valence-corrected chi connectivity index (χ1v) is 8.90. The van der Waals surface area contributed by atoms with E-state index >= 15 is 0 Å². The molecule has 6 nitrogen and oxygen atoms in total. The van der Waals surface area contributed by atoms with Crippen LogP contribution in [0.5, 0.6) is 0 Å². The smallest absolute Gasteiger partial charge is 0.338 e. The Labute approximate surface area is 157 Å². The molecule has 3 atom stereocenters. The highest BCUT2D eigenvalue weighted by Crippen LogP contribution is 2.51. The molecule has 138 valence electrons. The number of ether oxygens (including phenoxy) is 1. The summed E-state index contributed by atoms with van der Waals surface area (Å²) in [6.45, 7) is 1.92. The van der Waals surface area contributed by atoms with Crippen molar-refractivity contribution in [3.8, 4) is 0 Å². The van der Waals surface area contributed by atoms with E-state index in [2.05, 4.69) is 17.5 Å². The Morgan fingerprint density at radius 1 is 1.22 bits per heavy atom. The third-order valence-electron chi connectivity index (χ3n) is 5.67. The Hall–Kier alpha value is -3.15. The van der Waals surface area contributed by atoms with Gasteiger partial charge in [-0.3, -0.25) is 10.1 Å². The number of fused-ring (bicyclic) bond motifs is 3. The van der Waals surface area contributed by atoms with Crippen LogP contribution in [0.4, 0.5) is 11.4 Å². The number of nitrogens with one attached hydrogen (secondary N) is 1. The van der Waals surface area contributed by atoms with Gasteiger partial charge < -0.3 is 10.1 Å². The number of nitro benzene ring substituents is 1. The number of anilines is 1. The predicted molar refractivity (Wildman–Crippen MR) is 102 cm³/mol. The molecular weight excluding hydrogens is 344 g/mol. The van der Waals surface area contributed by atoms with Gasteiger partial charge in [0, 0.05) is 23.7 Å². The van der Waals surface area contributed by atoms with E-state index in [0.29, 0.717) is 11.5 Å². The maximum atomic E-state index is 12.1. The first kappa shape index (κ1) is 17.3. The van der Waals surface area contributed by atoms with Crippen LogP contribution in [0.2, 0.25) is 0 Å². The lowest BCUT2D eigenvalue weighted by Crippen LogP contribution is -2.30. The van der Waals surface area contributed by atoms with Crippen LogP contribution in [0.15, 0.2) is 48.6 Å². The fourth-order valence-corrected chi connectivity index (χ4v) is 4.28. The molecule has 0 amide bonds. The number of allylic oxidation sites excluding steroid dienone is 2. The van der Waals surface area contributed by atoms with Crippen molar-refractivity contribution in [2.75, 3.05) is 12.4 Å². The van der Waals surface area contributed by atoms with Crippen molar-refractivity contribution >= 4 is 17.3 Å². The number of benzene rings is 2. The average molecular weight is 364 g/mol. The number of esters is 1. The normalized spacial score (nSPS) is 22.5. The van der Waals surface area contributed by atoms with E-state index < -0.39 is 0 Å². The van der Waals surface area contributed by atoms with Crippen LogP contribution in [0.25, 0.3) is 0 Å². The first-order valence-electron chi connectivity index (χ1n) is 8.90. The van der Waals surface area contributed by atoms with E-state index in [1.807, 2.05) is 31.2 Å². The summed E-state index contributed by atoms with van der Waals surface area (Å²) in [5, 5.41) is 14.5. The molecule has 0 saturated carbocycles. The molecule has 0 fully saturated rings. The van der Waals surface area contributed by atoms with Gasteiger partial charge in [0.25, 0.3) is 5.69 Å². The molecule has 6 heteroatoms. The summed E-state index contributed by atoms with van der Waals surface area (Å²) in [5.41, 5.74) is 4.63. The van der Waals surface area contributed by atoms with Gasteiger partial charge in [0.1, 0.15) is 0 Å². The number of nitro groups is 1. The van der Waals surface area contributed by atoms with Gasteiger partial charge in [-0.1, -0.05) is 30.4 Å². The van der Waals surface area contributed by atoms with Crippen molar-refractivity contribution in [3.63, 3.8) is 0 Å². The Kier molecular flexibility index (Phi) is 4.18. The molecule has 0 spiro atoms. The van der Waals surface area contributed by atoms with Gasteiger partial charge in [-0.2, -0.15) is 0 Å². The van der Waals surface area contributed by atoms with Gasteiger partial charge in [-0.25, -0.2) is 4.79 Å². The Balaban J connectivity index is 1.77. The molecular formula is C21H20N2O4. The summed E-state index contributed by atoms with van der Waals surface area (Å²) >= 11 is 0. The highest BCUT2D eigenvalue weighted by atomic mass is 16.6. The average Bonchev–Trinajstić information content (AvgIpc) is 3.17. The zero-order valence-electron chi connectivity index (χ0n) is 15.1. The van der Waals surface area contributed by atoms with Gasteiger partial charge >= 0.3 is 5.97 Å². The summed E-state index contributed by atoms with van der Waals surface area (Å²) in [7, 11) is 1.38. The SMILES string of the molecule is COC(=O)c1ccc2c(c1C)N[C@H](c1ccc([N+](=O)[O-])cc1)[C@@H]1CC=C[C@@H]21. The number of rotatable bonds is 3. The van der Waals surface area contributed by atoms with Crippen molar-refractivity contribution in [1.82, 2.24) is 0 Å². The second-order valence-electron chi connectivity index (χ2n) is 7.02. The van der Waals surface area contributed by atoms with Gasteiger partial charge in [0.15, 0.2) is 0 Å². The second kappa shape index (κ2) is 6.54. The summed E-state index contributed by atoms with van der Waals surface area (Å²) < 4.78 is 4.90. The predicted octanol–water partition coefficient (Wildman–Crippen LogP) is 4.52. The molecule has 1 aliphatic carbocycles. The molecule has 1 N–H and O–H groups in total. The lowest BCUT2D eigenvalue weighted by molar-refractivity contribution is -0.384. The molecule has 1 heterocycles. The molecule has 2 aromatic rings. The lowest BCUT2D eigenvalue weighted by Gasteiger charge is -2.38. The van der Waals surface area contributed by atoms with Crippen molar-refractivity contribution in [2.45, 2.75) is 25.3 Å². The fraction of sp³-hybridized carbons (Fsp3) is 0.286. The van der Waals surface area contributed by atoms with Crippen molar-refractivity contribution in [3.05, 3.63) is 80.9 Å². The van der Waals surface area contributed by atoms with Gasteiger partial charge in [-0.15, -0.1) is 0 Å². The largest absolute Gasteiger partial charge is 0.465 e. The Morgan fingerprint density at radius 2 is 1.96 bits per heavy atom. The summed E-state index contributed by atoms with van der Waals surface area (Å²) in [5.74, 6) is 0.238. The Morgan fingerprint density at radius 3 is 2.63 bits per heavy atom. The van der Waals surface area contributed by atoms with Crippen LogP contribution >= 0.6 is 0 Å². The quantitative estimate of drug-likeness (QED) is 0.375. The molecule has 27 heavy (non-hydrogen) atoms. The van der Waals surface area contributed by atoms with Gasteiger partial charge in [-0.05, 0) is 42.0 Å². The number of nitrogens with zero attached hydrogens (tertiary/aromatic N) is 1. The van der Waals surface area contributed by atoms with Crippen molar-refractivity contribution < 1.29 is 14.5 Å². The molecule has 0 saturated heterocycles. The first-order chi connectivity index (χ1) is 13.0. The van der Waals surface area contributed by atoms with Crippen LogP contribution in [-0.2, 0) is 4.74 Å². The minimum atomic E-state index is -0.389. The van der Waals surface area contributed by atoms with E-state index in [-0.39, 0.29) is 28.5 Å². The molecule has 0 unspecified atom stereocenters. The molecule has 0 radical (unpaired) electrons. The second-order valence-corrected chi connectivity index (χ2v) is 7.02. The summed E-state index contributed by atoms with van der Waals surface area (Å²) in [6, 6.07) is 10.6. The third kappa shape index (κ3) is 2.77. The van der Waals surface area contributed by atoms with Gasteiger partial charge in [0.2, 0.25) is 0 Å². The molecule has 4 rings (SSSR count). The third-order valence-corrected chi connectivity index (χ3v) is 5.67. The minimum absolute atomic E-state index is 0.0184. The fourth-order valence-electron chi connectivity index (χ4n) is 4.28. The molecule has 0 aromatic heterocycles. The number of methoxy groups -OCH3 is 1. The number of non-ortho nitro benzene ring substituents is 1. The van der Waals surface area contributed by atoms with E-state index in [0.717, 1.165) is 23.2 Å². The highest BCUT2D eigenvalue weighted by molar-refractivity contribution is 5.93. The van der Waals surface area contributed by atoms with Crippen molar-refractivity contribution in [1.29, 1.82) is 0 Å². The lowest BCUT2D eigenvalue weighted by atomic mass is 9.76. The zero-order chi connectivity index (χ0) is 19.1. The van der Waals surface area contributed by atoms with Crippen LogP contribution in [0.3, 0.4) is 0 Å².